The van der Waals surface area contributed by atoms with Crippen LogP contribution in [0.3, 0.4) is 0 Å². The van der Waals surface area contributed by atoms with Gasteiger partial charge in [-0.25, -0.2) is 0 Å². The first kappa shape index (κ1) is 13.2. The maximum atomic E-state index is 11.7. The Labute approximate surface area is 101 Å². The molecule has 1 aromatic heterocycles. The molecular weight excluding hydrogens is 220 g/mol. The summed E-state index contributed by atoms with van der Waals surface area (Å²) in [6.45, 7) is 8.07. The Balaban J connectivity index is 2.37. The monoisotopic (exact) mass is 240 g/mol. The van der Waals surface area contributed by atoms with E-state index in [1.165, 1.54) is 4.88 Å². The van der Waals surface area contributed by atoms with Crippen molar-refractivity contribution in [1.82, 2.24) is 10.2 Å². The van der Waals surface area contributed by atoms with Gasteiger partial charge in [0, 0.05) is 24.0 Å². The fourth-order valence-electron chi connectivity index (χ4n) is 1.57. The highest BCUT2D eigenvalue weighted by molar-refractivity contribution is 7.10. The number of amides is 1. The quantitative estimate of drug-likeness (QED) is 0.827. The molecule has 1 rings (SSSR count). The van der Waals surface area contributed by atoms with Gasteiger partial charge in [0.05, 0.1) is 6.54 Å². The molecule has 1 N–H and O–H groups in total. The van der Waals surface area contributed by atoms with Gasteiger partial charge >= 0.3 is 0 Å². The van der Waals surface area contributed by atoms with Gasteiger partial charge in [-0.1, -0.05) is 6.07 Å². The number of rotatable bonds is 6. The Hall–Kier alpha value is -0.870. The van der Waals surface area contributed by atoms with Gasteiger partial charge in [-0.05, 0) is 32.2 Å². The summed E-state index contributed by atoms with van der Waals surface area (Å²) in [5.41, 5.74) is 0. The van der Waals surface area contributed by atoms with Gasteiger partial charge in [-0.2, -0.15) is 0 Å². The van der Waals surface area contributed by atoms with E-state index < -0.39 is 0 Å². The van der Waals surface area contributed by atoms with Gasteiger partial charge in [0.2, 0.25) is 5.91 Å². The molecule has 0 saturated heterocycles. The summed E-state index contributed by atoms with van der Waals surface area (Å²) in [7, 11) is 0. The molecule has 0 spiro atoms. The molecule has 3 nitrogen and oxygen atoms in total. The number of carbonyl (C=O) groups excluding carboxylic acids is 1. The Kier molecular flexibility index (Phi) is 5.49. The molecule has 0 bridgehead atoms. The predicted molar refractivity (Wildman–Crippen MR) is 68.7 cm³/mol. The lowest BCUT2D eigenvalue weighted by atomic mass is 10.3. The van der Waals surface area contributed by atoms with Crippen molar-refractivity contribution in [2.24, 2.45) is 0 Å². The van der Waals surface area contributed by atoms with Gasteiger partial charge in [-0.15, -0.1) is 11.3 Å². The summed E-state index contributed by atoms with van der Waals surface area (Å²) in [5.74, 6) is 0.174. The van der Waals surface area contributed by atoms with Crippen LogP contribution in [0.15, 0.2) is 17.5 Å². The first-order valence-corrected chi connectivity index (χ1v) is 6.61. The van der Waals surface area contributed by atoms with E-state index in [9.17, 15) is 4.79 Å². The van der Waals surface area contributed by atoms with E-state index in [1.54, 1.807) is 11.3 Å². The van der Waals surface area contributed by atoms with Gasteiger partial charge in [0.1, 0.15) is 0 Å². The molecule has 0 aliphatic carbocycles. The largest absolute Gasteiger partial charge is 0.342 e. The third-order valence-corrected chi connectivity index (χ3v) is 3.70. The average Bonchev–Trinajstić information content (AvgIpc) is 2.81. The molecule has 1 aromatic rings. The summed E-state index contributed by atoms with van der Waals surface area (Å²) in [6, 6.07) is 4.37. The molecule has 1 amide bonds. The molecule has 0 fully saturated rings. The molecule has 0 aromatic carbocycles. The summed E-state index contributed by atoms with van der Waals surface area (Å²) in [4.78, 5) is 14.9. The molecule has 0 saturated carbocycles. The molecule has 1 atom stereocenters. The first-order valence-electron chi connectivity index (χ1n) is 5.73. The summed E-state index contributed by atoms with van der Waals surface area (Å²) >= 11 is 1.72. The number of likely N-dealkylation sites (N-methyl/N-ethyl adjacent to an activating group) is 1. The van der Waals surface area contributed by atoms with Crippen molar-refractivity contribution in [3.63, 3.8) is 0 Å². The Bertz CT molecular complexity index is 307. The third kappa shape index (κ3) is 3.61. The molecule has 1 heterocycles. The lowest BCUT2D eigenvalue weighted by Crippen LogP contribution is -2.38. The van der Waals surface area contributed by atoms with E-state index in [0.29, 0.717) is 6.54 Å². The van der Waals surface area contributed by atoms with Gasteiger partial charge < -0.3 is 10.2 Å². The number of hydrogen-bond donors (Lipinski definition) is 1. The van der Waals surface area contributed by atoms with Crippen molar-refractivity contribution in [3.8, 4) is 0 Å². The zero-order valence-electron chi connectivity index (χ0n) is 10.2. The second-order valence-electron chi connectivity index (χ2n) is 3.68. The predicted octanol–water partition coefficient (Wildman–Crippen LogP) is 2.27. The number of nitrogens with zero attached hydrogens (tertiary/aromatic N) is 1. The Morgan fingerprint density at radius 3 is 2.69 bits per heavy atom. The molecule has 90 valence electrons. The molecule has 0 aliphatic heterocycles. The highest BCUT2D eigenvalue weighted by Gasteiger charge is 2.11. The Morgan fingerprint density at radius 1 is 1.50 bits per heavy atom. The lowest BCUT2D eigenvalue weighted by Gasteiger charge is -2.20. The lowest BCUT2D eigenvalue weighted by molar-refractivity contribution is -0.129. The molecule has 16 heavy (non-hydrogen) atoms. The molecule has 0 radical (unpaired) electrons. The van der Waals surface area contributed by atoms with Crippen LogP contribution in [0.4, 0.5) is 0 Å². The van der Waals surface area contributed by atoms with Crippen molar-refractivity contribution in [3.05, 3.63) is 22.4 Å². The van der Waals surface area contributed by atoms with Crippen molar-refractivity contribution in [2.45, 2.75) is 26.8 Å². The normalized spacial score (nSPS) is 12.4. The van der Waals surface area contributed by atoms with Crippen LogP contribution in [0.25, 0.3) is 0 Å². The molecule has 4 heteroatoms. The fourth-order valence-corrected chi connectivity index (χ4v) is 2.33. The van der Waals surface area contributed by atoms with E-state index in [0.717, 1.165) is 13.1 Å². The summed E-state index contributed by atoms with van der Waals surface area (Å²) in [6.07, 6.45) is 0. The molecular formula is C12H20N2OS. The molecule has 0 aliphatic rings. The van der Waals surface area contributed by atoms with E-state index in [2.05, 4.69) is 23.7 Å². The minimum atomic E-state index is 0.174. The zero-order valence-corrected chi connectivity index (χ0v) is 11.0. The van der Waals surface area contributed by atoms with Crippen LogP contribution < -0.4 is 5.32 Å². The third-order valence-electron chi connectivity index (χ3n) is 2.65. The van der Waals surface area contributed by atoms with E-state index in [4.69, 9.17) is 0 Å². The van der Waals surface area contributed by atoms with Crippen LogP contribution in [0, 0.1) is 0 Å². The van der Waals surface area contributed by atoms with E-state index >= 15 is 0 Å². The fraction of sp³-hybridized carbons (Fsp3) is 0.583. The van der Waals surface area contributed by atoms with Gasteiger partial charge in [0.15, 0.2) is 0 Å². The maximum Gasteiger partial charge on any atom is 0.236 e. The van der Waals surface area contributed by atoms with Gasteiger partial charge in [0.25, 0.3) is 0 Å². The number of hydrogen-bond acceptors (Lipinski definition) is 3. The molecule has 0 unspecified atom stereocenters. The van der Waals surface area contributed by atoms with Gasteiger partial charge in [-0.3, -0.25) is 4.79 Å². The minimum Gasteiger partial charge on any atom is -0.342 e. The van der Waals surface area contributed by atoms with Crippen molar-refractivity contribution in [1.29, 1.82) is 0 Å². The minimum absolute atomic E-state index is 0.174. The van der Waals surface area contributed by atoms with Crippen LogP contribution >= 0.6 is 11.3 Å². The number of nitrogens with one attached hydrogen (secondary N) is 1. The second kappa shape index (κ2) is 6.66. The average molecular weight is 240 g/mol. The topological polar surface area (TPSA) is 32.3 Å². The standard InChI is InChI=1S/C12H20N2OS/c1-4-14(5-2)12(15)9-13-10(3)11-7-6-8-16-11/h6-8,10,13H,4-5,9H2,1-3H3/t10-/m1/s1. The van der Waals surface area contributed by atoms with Crippen molar-refractivity contribution < 1.29 is 4.79 Å². The number of thiophene rings is 1. The van der Waals surface area contributed by atoms with Crippen molar-refractivity contribution in [2.75, 3.05) is 19.6 Å². The number of carbonyl (C=O) groups is 1. The van der Waals surface area contributed by atoms with Crippen molar-refractivity contribution >= 4 is 17.2 Å². The van der Waals surface area contributed by atoms with Crippen LogP contribution in [0.2, 0.25) is 0 Å². The maximum absolute atomic E-state index is 11.7. The highest BCUT2D eigenvalue weighted by atomic mass is 32.1. The summed E-state index contributed by atoms with van der Waals surface area (Å²) < 4.78 is 0. The van der Waals surface area contributed by atoms with Crippen LogP contribution in [0.5, 0.6) is 0 Å². The highest BCUT2D eigenvalue weighted by Crippen LogP contribution is 2.17. The van der Waals surface area contributed by atoms with E-state index in [-0.39, 0.29) is 11.9 Å². The van der Waals surface area contributed by atoms with Crippen LogP contribution in [-0.2, 0) is 4.79 Å². The second-order valence-corrected chi connectivity index (χ2v) is 4.66. The van der Waals surface area contributed by atoms with Crippen LogP contribution in [0.1, 0.15) is 31.7 Å². The zero-order chi connectivity index (χ0) is 12.0. The Morgan fingerprint density at radius 2 is 2.19 bits per heavy atom. The van der Waals surface area contributed by atoms with E-state index in [1.807, 2.05) is 24.8 Å². The smallest absolute Gasteiger partial charge is 0.236 e. The first-order chi connectivity index (χ1) is 7.69. The van der Waals surface area contributed by atoms with Crippen LogP contribution in [-0.4, -0.2) is 30.4 Å². The SMILES string of the molecule is CCN(CC)C(=O)CN[C@H](C)c1cccs1. The summed E-state index contributed by atoms with van der Waals surface area (Å²) in [5, 5.41) is 5.31.